The van der Waals surface area contributed by atoms with Gasteiger partial charge in [-0.05, 0) is 49.6 Å². The third kappa shape index (κ3) is 3.39. The number of rotatable bonds is 3. The molecule has 0 radical (unpaired) electrons. The highest BCUT2D eigenvalue weighted by molar-refractivity contribution is 5.86. The van der Waals surface area contributed by atoms with Crippen LogP contribution in [0.2, 0.25) is 0 Å². The van der Waals surface area contributed by atoms with Crippen molar-refractivity contribution < 1.29 is 9.18 Å². The van der Waals surface area contributed by atoms with Gasteiger partial charge in [0.1, 0.15) is 5.82 Å². The zero-order valence-electron chi connectivity index (χ0n) is 10.8. The first-order chi connectivity index (χ1) is 8.66. The molecule has 1 fully saturated rings. The highest BCUT2D eigenvalue weighted by atomic mass is 19.1. The molecule has 0 aromatic heterocycles. The molecule has 0 aliphatic carbocycles. The van der Waals surface area contributed by atoms with E-state index in [1.165, 1.54) is 18.6 Å². The Kier molecular flexibility index (Phi) is 4.48. The number of benzene rings is 1. The van der Waals surface area contributed by atoms with Crippen molar-refractivity contribution in [3.63, 3.8) is 0 Å². The predicted octanol–water partition coefficient (Wildman–Crippen LogP) is 2.78. The van der Waals surface area contributed by atoms with Crippen molar-refractivity contribution in [2.75, 3.05) is 6.54 Å². The molecule has 3 heteroatoms. The van der Waals surface area contributed by atoms with E-state index < -0.39 is 0 Å². The van der Waals surface area contributed by atoms with Gasteiger partial charge in [0.25, 0.3) is 0 Å². The molecule has 1 aromatic rings. The van der Waals surface area contributed by atoms with Crippen LogP contribution in [0.1, 0.15) is 36.8 Å². The van der Waals surface area contributed by atoms with Gasteiger partial charge < -0.3 is 5.32 Å². The van der Waals surface area contributed by atoms with Gasteiger partial charge in [0, 0.05) is 6.42 Å². The molecule has 1 aromatic carbocycles. The Bertz CT molecular complexity index is 423. The Balaban J connectivity index is 2.01. The van der Waals surface area contributed by atoms with Gasteiger partial charge in [-0.25, -0.2) is 4.39 Å². The molecule has 0 bridgehead atoms. The van der Waals surface area contributed by atoms with Crippen molar-refractivity contribution >= 4 is 5.78 Å². The summed E-state index contributed by atoms with van der Waals surface area (Å²) in [6, 6.07) is 4.62. The number of halogens is 1. The zero-order valence-corrected chi connectivity index (χ0v) is 10.8. The van der Waals surface area contributed by atoms with Crippen LogP contribution in [0, 0.1) is 12.7 Å². The second kappa shape index (κ2) is 6.10. The van der Waals surface area contributed by atoms with Crippen molar-refractivity contribution in [2.24, 2.45) is 0 Å². The first-order valence-electron chi connectivity index (χ1n) is 6.68. The Morgan fingerprint density at radius 2 is 2.22 bits per heavy atom. The SMILES string of the molecule is Cc1cc(F)ccc1CC(=O)C1CCCCCN1. The number of aryl methyl sites for hydroxylation is 1. The van der Waals surface area contributed by atoms with Crippen molar-refractivity contribution in [1.82, 2.24) is 5.32 Å². The summed E-state index contributed by atoms with van der Waals surface area (Å²) in [7, 11) is 0. The molecule has 18 heavy (non-hydrogen) atoms. The number of nitrogens with one attached hydrogen (secondary N) is 1. The molecule has 1 saturated heterocycles. The Morgan fingerprint density at radius 1 is 1.39 bits per heavy atom. The maximum Gasteiger partial charge on any atom is 0.154 e. The number of hydrogen-bond donors (Lipinski definition) is 1. The van der Waals surface area contributed by atoms with Crippen LogP contribution in [0.3, 0.4) is 0 Å². The standard InChI is InChI=1S/C15H20FNO/c1-11-9-13(16)7-6-12(11)10-15(18)14-5-3-2-4-8-17-14/h6-7,9,14,17H,2-5,8,10H2,1H3. The van der Waals surface area contributed by atoms with Gasteiger partial charge >= 0.3 is 0 Å². The van der Waals surface area contributed by atoms with Crippen LogP contribution >= 0.6 is 0 Å². The van der Waals surface area contributed by atoms with Gasteiger partial charge in [0.15, 0.2) is 5.78 Å². The van der Waals surface area contributed by atoms with E-state index in [0.717, 1.165) is 36.9 Å². The average molecular weight is 249 g/mol. The summed E-state index contributed by atoms with van der Waals surface area (Å²) >= 11 is 0. The summed E-state index contributed by atoms with van der Waals surface area (Å²) in [6.07, 6.45) is 4.81. The Hall–Kier alpha value is -1.22. The van der Waals surface area contributed by atoms with Gasteiger partial charge in [0.2, 0.25) is 0 Å². The smallest absolute Gasteiger partial charge is 0.154 e. The maximum absolute atomic E-state index is 13.0. The topological polar surface area (TPSA) is 29.1 Å². The molecular weight excluding hydrogens is 229 g/mol. The third-order valence-electron chi connectivity index (χ3n) is 3.62. The van der Waals surface area contributed by atoms with Crippen LogP contribution < -0.4 is 5.32 Å². The van der Waals surface area contributed by atoms with Crippen molar-refractivity contribution in [1.29, 1.82) is 0 Å². The van der Waals surface area contributed by atoms with E-state index in [0.29, 0.717) is 6.42 Å². The molecule has 2 nitrogen and oxygen atoms in total. The van der Waals surface area contributed by atoms with E-state index in [9.17, 15) is 9.18 Å². The molecule has 0 spiro atoms. The van der Waals surface area contributed by atoms with Gasteiger partial charge in [-0.1, -0.05) is 18.9 Å². The molecule has 0 saturated carbocycles. The molecule has 1 aliphatic rings. The molecule has 1 N–H and O–H groups in total. The summed E-state index contributed by atoms with van der Waals surface area (Å²) in [4.78, 5) is 12.2. The summed E-state index contributed by atoms with van der Waals surface area (Å²) < 4.78 is 13.0. The fourth-order valence-electron chi connectivity index (χ4n) is 2.47. The first kappa shape index (κ1) is 13.2. The fraction of sp³-hybridized carbons (Fsp3) is 0.533. The quantitative estimate of drug-likeness (QED) is 0.892. The molecule has 1 heterocycles. The second-order valence-corrected chi connectivity index (χ2v) is 5.07. The van der Waals surface area contributed by atoms with Crippen molar-refractivity contribution in [3.8, 4) is 0 Å². The predicted molar refractivity (Wildman–Crippen MR) is 70.1 cm³/mol. The molecule has 1 atom stereocenters. The fourth-order valence-corrected chi connectivity index (χ4v) is 2.47. The molecule has 1 aliphatic heterocycles. The van der Waals surface area contributed by atoms with E-state index >= 15 is 0 Å². The highest BCUT2D eigenvalue weighted by Gasteiger charge is 2.20. The van der Waals surface area contributed by atoms with Gasteiger partial charge in [0.05, 0.1) is 6.04 Å². The Morgan fingerprint density at radius 3 is 3.00 bits per heavy atom. The summed E-state index contributed by atoms with van der Waals surface area (Å²) in [6.45, 7) is 2.78. The maximum atomic E-state index is 13.0. The number of carbonyl (C=O) groups is 1. The van der Waals surface area contributed by atoms with Crippen LogP contribution in [-0.4, -0.2) is 18.4 Å². The largest absolute Gasteiger partial charge is 0.307 e. The van der Waals surface area contributed by atoms with Crippen LogP contribution in [-0.2, 0) is 11.2 Å². The number of carbonyl (C=O) groups excluding carboxylic acids is 1. The lowest BCUT2D eigenvalue weighted by atomic mass is 9.97. The van der Waals surface area contributed by atoms with E-state index in [4.69, 9.17) is 0 Å². The molecule has 98 valence electrons. The average Bonchev–Trinajstić information content (AvgIpc) is 2.61. The second-order valence-electron chi connectivity index (χ2n) is 5.07. The number of hydrogen-bond acceptors (Lipinski definition) is 2. The van der Waals surface area contributed by atoms with Crippen LogP contribution in [0.15, 0.2) is 18.2 Å². The minimum atomic E-state index is -0.240. The van der Waals surface area contributed by atoms with Crippen molar-refractivity contribution in [3.05, 3.63) is 35.1 Å². The minimum absolute atomic E-state index is 0.0167. The first-order valence-corrected chi connectivity index (χ1v) is 6.68. The van der Waals surface area contributed by atoms with E-state index in [2.05, 4.69) is 5.32 Å². The molecule has 2 rings (SSSR count). The summed E-state index contributed by atoms with van der Waals surface area (Å²) in [5.41, 5.74) is 1.80. The van der Waals surface area contributed by atoms with Crippen molar-refractivity contribution in [2.45, 2.75) is 45.1 Å². The van der Waals surface area contributed by atoms with Crippen LogP contribution in [0.5, 0.6) is 0 Å². The van der Waals surface area contributed by atoms with Gasteiger partial charge in [-0.3, -0.25) is 4.79 Å². The lowest BCUT2D eigenvalue weighted by molar-refractivity contribution is -0.120. The van der Waals surface area contributed by atoms with Gasteiger partial charge in [-0.15, -0.1) is 0 Å². The lowest BCUT2D eigenvalue weighted by Gasteiger charge is -2.15. The number of ketones is 1. The zero-order chi connectivity index (χ0) is 13.0. The highest BCUT2D eigenvalue weighted by Crippen LogP contribution is 2.15. The monoisotopic (exact) mass is 249 g/mol. The number of Topliss-reactive ketones (excluding diaryl/α,β-unsaturated/α-hetero) is 1. The van der Waals surface area contributed by atoms with E-state index in [1.54, 1.807) is 6.07 Å². The lowest BCUT2D eigenvalue weighted by Crippen LogP contribution is -2.37. The van der Waals surface area contributed by atoms with E-state index in [1.807, 2.05) is 6.92 Å². The summed E-state index contributed by atoms with van der Waals surface area (Å²) in [5, 5.41) is 3.31. The van der Waals surface area contributed by atoms with Crippen LogP contribution in [0.25, 0.3) is 0 Å². The van der Waals surface area contributed by atoms with Crippen LogP contribution in [0.4, 0.5) is 4.39 Å². The van der Waals surface area contributed by atoms with E-state index in [-0.39, 0.29) is 17.6 Å². The third-order valence-corrected chi connectivity index (χ3v) is 3.62. The molecule has 1 unspecified atom stereocenters. The minimum Gasteiger partial charge on any atom is -0.307 e. The normalized spacial score (nSPS) is 20.4. The van der Waals surface area contributed by atoms with Gasteiger partial charge in [-0.2, -0.15) is 0 Å². The molecular formula is C15H20FNO. The molecule has 0 amide bonds. The Labute approximate surface area is 108 Å². The summed E-state index contributed by atoms with van der Waals surface area (Å²) in [5.74, 6) is -0.0112.